The lowest BCUT2D eigenvalue weighted by Crippen LogP contribution is -2.33. The second-order valence-electron chi connectivity index (χ2n) is 9.98. The van der Waals surface area contributed by atoms with Crippen molar-refractivity contribution < 1.29 is 19.4 Å². The summed E-state index contributed by atoms with van der Waals surface area (Å²) < 4.78 is 5.29. The fraction of sp³-hybridized carbons (Fsp3) is 0.448. The highest BCUT2D eigenvalue weighted by atomic mass is 16.5. The number of rotatable bonds is 9. The van der Waals surface area contributed by atoms with E-state index in [1.165, 1.54) is 0 Å². The van der Waals surface area contributed by atoms with Crippen molar-refractivity contribution in [3.05, 3.63) is 70.8 Å². The van der Waals surface area contributed by atoms with Crippen molar-refractivity contribution in [2.24, 2.45) is 0 Å². The van der Waals surface area contributed by atoms with Gasteiger partial charge >= 0.3 is 0 Å². The van der Waals surface area contributed by atoms with Crippen LogP contribution >= 0.6 is 0 Å². The molecule has 1 aliphatic heterocycles. The van der Waals surface area contributed by atoms with E-state index in [1.807, 2.05) is 24.3 Å². The third kappa shape index (κ3) is 5.76. The Labute approximate surface area is 209 Å². The molecule has 0 aromatic heterocycles. The number of aliphatic hydroxyl groups is 1. The summed E-state index contributed by atoms with van der Waals surface area (Å²) in [6.45, 7) is 13.8. The summed E-state index contributed by atoms with van der Waals surface area (Å²) in [5.74, 6) is -0.844. The van der Waals surface area contributed by atoms with Gasteiger partial charge in [-0.1, -0.05) is 71.0 Å². The second-order valence-corrected chi connectivity index (χ2v) is 9.98. The molecular weight excluding hydrogens is 440 g/mol. The zero-order chi connectivity index (χ0) is 25.8. The van der Waals surface area contributed by atoms with Gasteiger partial charge in [0.1, 0.15) is 11.5 Å². The zero-order valence-electron chi connectivity index (χ0n) is 21.8. The number of benzene rings is 2. The van der Waals surface area contributed by atoms with Gasteiger partial charge in [0.25, 0.3) is 11.7 Å². The number of Topliss-reactive ketones (excluding diaryl/α,β-unsaturated/α-hetero) is 1. The topological polar surface area (TPSA) is 70.1 Å². The molecule has 0 bridgehead atoms. The number of ketones is 1. The number of likely N-dealkylation sites (tertiary alicyclic amines) is 1. The van der Waals surface area contributed by atoms with E-state index in [2.05, 4.69) is 39.5 Å². The van der Waals surface area contributed by atoms with E-state index in [9.17, 15) is 14.7 Å². The van der Waals surface area contributed by atoms with Crippen molar-refractivity contribution in [1.29, 1.82) is 0 Å². The number of nitrogens with zero attached hydrogens (tertiary/aromatic N) is 2. The summed E-state index contributed by atoms with van der Waals surface area (Å²) in [6.07, 6.45) is 0.741. The first-order valence-electron chi connectivity index (χ1n) is 12.4. The number of carbonyl (C=O) groups excluding carboxylic acids is 2. The molecule has 1 unspecified atom stereocenters. The molecule has 6 heteroatoms. The Morgan fingerprint density at radius 1 is 1.06 bits per heavy atom. The summed E-state index contributed by atoms with van der Waals surface area (Å²) in [7, 11) is 1.55. The predicted molar refractivity (Wildman–Crippen MR) is 140 cm³/mol. The van der Waals surface area contributed by atoms with Crippen LogP contribution in [0.4, 0.5) is 0 Å². The lowest BCUT2D eigenvalue weighted by molar-refractivity contribution is -0.140. The Hall–Kier alpha value is -3.12. The molecule has 0 spiro atoms. The van der Waals surface area contributed by atoms with E-state index in [1.54, 1.807) is 36.3 Å². The molecule has 2 aromatic rings. The molecule has 1 aliphatic rings. The van der Waals surface area contributed by atoms with Gasteiger partial charge in [0.05, 0.1) is 18.7 Å². The fourth-order valence-corrected chi connectivity index (χ4v) is 4.55. The molecule has 3 rings (SSSR count). The minimum atomic E-state index is -0.655. The monoisotopic (exact) mass is 478 g/mol. The maximum absolute atomic E-state index is 13.3. The molecule has 1 fully saturated rings. The number of carbonyl (C=O) groups is 2. The summed E-state index contributed by atoms with van der Waals surface area (Å²) in [4.78, 5) is 30.4. The summed E-state index contributed by atoms with van der Waals surface area (Å²) in [5.41, 5.74) is 2.51. The first-order valence-corrected chi connectivity index (χ1v) is 12.4. The SMILES string of the molecule is CCN(CC)CCCN1C(=O)C(=O)C(=C(O)c2cccc(OC)c2)C1c1ccc(C(C)(C)C)cc1. The highest BCUT2D eigenvalue weighted by Crippen LogP contribution is 2.40. The maximum atomic E-state index is 13.3. The minimum Gasteiger partial charge on any atom is -0.507 e. The quantitative estimate of drug-likeness (QED) is 0.307. The first kappa shape index (κ1) is 26.5. The molecule has 1 atom stereocenters. The lowest BCUT2D eigenvalue weighted by Gasteiger charge is -2.27. The van der Waals surface area contributed by atoms with Crippen molar-refractivity contribution >= 4 is 17.4 Å². The van der Waals surface area contributed by atoms with Crippen LogP contribution in [-0.2, 0) is 15.0 Å². The molecule has 1 amide bonds. The molecule has 2 aromatic carbocycles. The Morgan fingerprint density at radius 3 is 2.29 bits per heavy atom. The van der Waals surface area contributed by atoms with Gasteiger partial charge in [0, 0.05) is 12.1 Å². The number of amides is 1. The summed E-state index contributed by atoms with van der Waals surface area (Å²) in [5, 5.41) is 11.3. The Balaban J connectivity index is 2.06. The average molecular weight is 479 g/mol. The van der Waals surface area contributed by atoms with E-state index < -0.39 is 17.7 Å². The van der Waals surface area contributed by atoms with Gasteiger partial charge < -0.3 is 19.6 Å². The van der Waals surface area contributed by atoms with Crippen molar-refractivity contribution in [2.45, 2.75) is 52.5 Å². The fourth-order valence-electron chi connectivity index (χ4n) is 4.55. The van der Waals surface area contributed by atoms with Crippen LogP contribution in [0.25, 0.3) is 5.76 Å². The Morgan fingerprint density at radius 2 is 1.71 bits per heavy atom. The number of methoxy groups -OCH3 is 1. The maximum Gasteiger partial charge on any atom is 0.295 e. The lowest BCUT2D eigenvalue weighted by atomic mass is 9.85. The molecular formula is C29H38N2O4. The molecule has 0 radical (unpaired) electrons. The van der Waals surface area contributed by atoms with Gasteiger partial charge in [-0.25, -0.2) is 0 Å². The first-order chi connectivity index (χ1) is 16.6. The number of aliphatic hydroxyl groups excluding tert-OH is 1. The van der Waals surface area contributed by atoms with Crippen LogP contribution in [0.2, 0.25) is 0 Å². The van der Waals surface area contributed by atoms with E-state index in [-0.39, 0.29) is 16.7 Å². The highest BCUT2D eigenvalue weighted by Gasteiger charge is 2.45. The highest BCUT2D eigenvalue weighted by molar-refractivity contribution is 6.46. The van der Waals surface area contributed by atoms with E-state index in [0.717, 1.165) is 37.2 Å². The normalized spacial score (nSPS) is 17.9. The third-order valence-corrected chi connectivity index (χ3v) is 6.74. The van der Waals surface area contributed by atoms with Gasteiger partial charge in [0.15, 0.2) is 0 Å². The number of hydrogen-bond donors (Lipinski definition) is 1. The Kier molecular flexibility index (Phi) is 8.39. The van der Waals surface area contributed by atoms with Crippen LogP contribution in [0.3, 0.4) is 0 Å². The van der Waals surface area contributed by atoms with Crippen LogP contribution in [0.1, 0.15) is 63.8 Å². The predicted octanol–water partition coefficient (Wildman–Crippen LogP) is 5.15. The molecule has 1 saturated heterocycles. The molecule has 0 saturated carbocycles. The van der Waals surface area contributed by atoms with E-state index in [0.29, 0.717) is 17.9 Å². The standard InChI is InChI=1S/C29H38N2O4/c1-7-30(8-2)17-10-18-31-25(20-13-15-22(16-14-20)29(3,4)5)24(27(33)28(31)34)26(32)21-11-9-12-23(19-21)35-6/h9,11-16,19,25,32H,7-8,10,17-18H2,1-6H3. The van der Waals surface area contributed by atoms with Gasteiger partial charge in [0.2, 0.25) is 0 Å². The molecule has 35 heavy (non-hydrogen) atoms. The van der Waals surface area contributed by atoms with Crippen molar-refractivity contribution in [2.75, 3.05) is 33.3 Å². The van der Waals surface area contributed by atoms with Crippen LogP contribution in [0.5, 0.6) is 5.75 Å². The van der Waals surface area contributed by atoms with Crippen molar-refractivity contribution in [3.8, 4) is 5.75 Å². The third-order valence-electron chi connectivity index (χ3n) is 6.74. The molecule has 1 N–H and O–H groups in total. The van der Waals surface area contributed by atoms with Crippen LogP contribution < -0.4 is 4.74 Å². The van der Waals surface area contributed by atoms with Gasteiger partial charge in [-0.05, 0) is 54.7 Å². The second kappa shape index (κ2) is 11.1. The minimum absolute atomic E-state index is 0.0231. The van der Waals surface area contributed by atoms with E-state index >= 15 is 0 Å². The van der Waals surface area contributed by atoms with Crippen molar-refractivity contribution in [1.82, 2.24) is 9.80 Å². The molecule has 188 valence electrons. The average Bonchev–Trinajstić information content (AvgIpc) is 3.10. The molecule has 1 heterocycles. The Bertz CT molecular complexity index is 1080. The van der Waals surface area contributed by atoms with Crippen LogP contribution in [0, 0.1) is 0 Å². The van der Waals surface area contributed by atoms with E-state index in [4.69, 9.17) is 4.74 Å². The van der Waals surface area contributed by atoms with Crippen LogP contribution in [0.15, 0.2) is 54.1 Å². The smallest absolute Gasteiger partial charge is 0.295 e. The zero-order valence-corrected chi connectivity index (χ0v) is 21.8. The molecule has 0 aliphatic carbocycles. The number of ether oxygens (including phenoxy) is 1. The molecule has 6 nitrogen and oxygen atoms in total. The van der Waals surface area contributed by atoms with Crippen molar-refractivity contribution in [3.63, 3.8) is 0 Å². The summed E-state index contributed by atoms with van der Waals surface area (Å²) >= 11 is 0. The number of hydrogen-bond acceptors (Lipinski definition) is 5. The summed E-state index contributed by atoms with van der Waals surface area (Å²) in [6, 6.07) is 14.3. The van der Waals surface area contributed by atoms with Gasteiger partial charge in [-0.2, -0.15) is 0 Å². The van der Waals surface area contributed by atoms with Gasteiger partial charge in [-0.15, -0.1) is 0 Å². The van der Waals surface area contributed by atoms with Gasteiger partial charge in [-0.3, -0.25) is 9.59 Å². The largest absolute Gasteiger partial charge is 0.507 e. The van der Waals surface area contributed by atoms with Crippen LogP contribution in [-0.4, -0.2) is 59.9 Å².